The van der Waals surface area contributed by atoms with Crippen LogP contribution >= 0.6 is 0 Å². The lowest BCUT2D eigenvalue weighted by molar-refractivity contribution is -0.161. The van der Waals surface area contributed by atoms with E-state index in [1.807, 2.05) is 0 Å². The number of carbonyl (C=O) groups excluding carboxylic acids is 2. The van der Waals surface area contributed by atoms with Gasteiger partial charge in [0.25, 0.3) is 0 Å². The molecule has 2 unspecified atom stereocenters. The number of esters is 2. The molecular formula is C6H10N2O4. The van der Waals surface area contributed by atoms with E-state index in [-0.39, 0.29) is 13.2 Å². The monoisotopic (exact) mass is 174 g/mol. The third-order valence-electron chi connectivity index (χ3n) is 1.50. The first-order valence-electron chi connectivity index (χ1n) is 3.47. The van der Waals surface area contributed by atoms with Crippen LogP contribution < -0.4 is 11.5 Å². The largest absolute Gasteiger partial charge is 0.461 e. The van der Waals surface area contributed by atoms with E-state index in [1.165, 1.54) is 0 Å². The van der Waals surface area contributed by atoms with Crippen molar-refractivity contribution in [2.24, 2.45) is 11.5 Å². The topological polar surface area (TPSA) is 105 Å². The van der Waals surface area contributed by atoms with Crippen molar-refractivity contribution >= 4 is 11.9 Å². The van der Waals surface area contributed by atoms with Gasteiger partial charge in [-0.1, -0.05) is 0 Å². The van der Waals surface area contributed by atoms with Crippen LogP contribution in [0.15, 0.2) is 0 Å². The molecule has 6 heteroatoms. The van der Waals surface area contributed by atoms with Crippen LogP contribution in [0.3, 0.4) is 0 Å². The predicted molar refractivity (Wildman–Crippen MR) is 37.9 cm³/mol. The summed E-state index contributed by atoms with van der Waals surface area (Å²) in [4.78, 5) is 21.8. The molecule has 1 aliphatic rings. The highest BCUT2D eigenvalue weighted by Crippen LogP contribution is 1.98. The van der Waals surface area contributed by atoms with Gasteiger partial charge in [0.1, 0.15) is 25.3 Å². The molecule has 0 bridgehead atoms. The van der Waals surface area contributed by atoms with Crippen molar-refractivity contribution in [3.05, 3.63) is 0 Å². The van der Waals surface area contributed by atoms with Crippen molar-refractivity contribution < 1.29 is 19.1 Å². The highest BCUT2D eigenvalue weighted by atomic mass is 16.6. The molecule has 1 aliphatic heterocycles. The molecule has 0 radical (unpaired) electrons. The van der Waals surface area contributed by atoms with Crippen molar-refractivity contribution in [1.29, 1.82) is 0 Å². The summed E-state index contributed by atoms with van der Waals surface area (Å²) in [6, 6.07) is -2.25. The molecular weight excluding hydrogens is 164 g/mol. The molecule has 2 atom stereocenters. The van der Waals surface area contributed by atoms with Crippen LogP contribution in [0.5, 0.6) is 0 Å². The third kappa shape index (κ3) is 1.72. The van der Waals surface area contributed by atoms with E-state index in [1.54, 1.807) is 0 Å². The molecule has 6 nitrogen and oxygen atoms in total. The number of nitrogens with two attached hydrogens (primary N) is 2. The molecule has 1 saturated heterocycles. The first-order chi connectivity index (χ1) is 5.63. The molecule has 0 amide bonds. The second kappa shape index (κ2) is 3.51. The van der Waals surface area contributed by atoms with E-state index < -0.39 is 24.0 Å². The molecule has 1 heterocycles. The first kappa shape index (κ1) is 8.95. The zero-order valence-corrected chi connectivity index (χ0v) is 6.36. The van der Waals surface area contributed by atoms with Gasteiger partial charge in [-0.3, -0.25) is 9.59 Å². The van der Waals surface area contributed by atoms with E-state index in [9.17, 15) is 9.59 Å². The van der Waals surface area contributed by atoms with Crippen LogP contribution in [-0.2, 0) is 19.1 Å². The summed E-state index contributed by atoms with van der Waals surface area (Å²) in [6.45, 7) is 0.0655. The fraction of sp³-hybridized carbons (Fsp3) is 0.667. The van der Waals surface area contributed by atoms with Crippen LogP contribution in [0.2, 0.25) is 0 Å². The smallest absolute Gasteiger partial charge is 0.325 e. The lowest BCUT2D eigenvalue weighted by atomic mass is 10.1. The van der Waals surface area contributed by atoms with Gasteiger partial charge < -0.3 is 20.9 Å². The number of hydrogen-bond donors (Lipinski definition) is 2. The zero-order valence-electron chi connectivity index (χ0n) is 6.36. The van der Waals surface area contributed by atoms with Gasteiger partial charge in [0, 0.05) is 0 Å². The van der Waals surface area contributed by atoms with Crippen molar-refractivity contribution in [1.82, 2.24) is 0 Å². The van der Waals surface area contributed by atoms with Gasteiger partial charge in [0.05, 0.1) is 0 Å². The first-order valence-corrected chi connectivity index (χ1v) is 3.47. The van der Waals surface area contributed by atoms with Crippen LogP contribution in [0.4, 0.5) is 0 Å². The molecule has 68 valence electrons. The molecule has 0 aromatic carbocycles. The molecule has 1 rings (SSSR count). The van der Waals surface area contributed by atoms with Crippen molar-refractivity contribution in [2.45, 2.75) is 12.1 Å². The van der Waals surface area contributed by atoms with E-state index in [2.05, 4.69) is 9.47 Å². The molecule has 0 spiro atoms. The molecule has 0 aliphatic carbocycles. The van der Waals surface area contributed by atoms with Gasteiger partial charge in [-0.2, -0.15) is 0 Å². The van der Waals surface area contributed by atoms with Gasteiger partial charge >= 0.3 is 11.9 Å². The van der Waals surface area contributed by atoms with Crippen molar-refractivity contribution in [2.75, 3.05) is 13.2 Å². The fourth-order valence-corrected chi connectivity index (χ4v) is 0.770. The number of rotatable bonds is 0. The third-order valence-corrected chi connectivity index (χ3v) is 1.50. The molecule has 1 fully saturated rings. The van der Waals surface area contributed by atoms with E-state index in [0.29, 0.717) is 0 Å². The summed E-state index contributed by atoms with van der Waals surface area (Å²) in [5.41, 5.74) is 10.6. The number of ether oxygens (including phenoxy) is 2. The SMILES string of the molecule is NC1C(=O)OCCOC(=O)C1N. The predicted octanol–water partition coefficient (Wildman–Crippen LogP) is -2.26. The normalized spacial score (nSPS) is 31.5. The Labute approximate surface area is 68.8 Å². The molecule has 0 aromatic heterocycles. The van der Waals surface area contributed by atoms with Crippen LogP contribution in [0, 0.1) is 0 Å². The summed E-state index contributed by atoms with van der Waals surface area (Å²) in [5.74, 6) is -1.33. The Balaban J connectivity index is 2.67. The molecule has 0 aromatic rings. The van der Waals surface area contributed by atoms with Gasteiger partial charge in [-0.25, -0.2) is 0 Å². The Morgan fingerprint density at radius 1 is 1.00 bits per heavy atom. The van der Waals surface area contributed by atoms with Gasteiger partial charge in [0.15, 0.2) is 0 Å². The van der Waals surface area contributed by atoms with Crippen LogP contribution in [-0.4, -0.2) is 37.2 Å². The lowest BCUT2D eigenvalue weighted by Gasteiger charge is -2.20. The average molecular weight is 174 g/mol. The minimum Gasteiger partial charge on any atom is -0.461 e. The van der Waals surface area contributed by atoms with Crippen molar-refractivity contribution in [3.8, 4) is 0 Å². The minimum absolute atomic E-state index is 0.0327. The van der Waals surface area contributed by atoms with Gasteiger partial charge in [-0.15, -0.1) is 0 Å². The maximum atomic E-state index is 10.9. The summed E-state index contributed by atoms with van der Waals surface area (Å²) >= 11 is 0. The van der Waals surface area contributed by atoms with E-state index in [0.717, 1.165) is 0 Å². The highest BCUT2D eigenvalue weighted by Gasteiger charge is 2.31. The van der Waals surface area contributed by atoms with Crippen LogP contribution in [0.1, 0.15) is 0 Å². The molecule has 0 saturated carbocycles. The van der Waals surface area contributed by atoms with E-state index in [4.69, 9.17) is 11.5 Å². The van der Waals surface area contributed by atoms with Gasteiger partial charge in [0.2, 0.25) is 0 Å². The number of hydrogen-bond acceptors (Lipinski definition) is 6. The Kier molecular flexibility index (Phi) is 2.61. The highest BCUT2D eigenvalue weighted by molar-refractivity contribution is 5.87. The average Bonchev–Trinajstić information content (AvgIpc) is 2.07. The number of cyclic esters (lactones) is 2. The van der Waals surface area contributed by atoms with E-state index >= 15 is 0 Å². The quantitative estimate of drug-likeness (QED) is 0.401. The maximum Gasteiger partial charge on any atom is 0.325 e. The van der Waals surface area contributed by atoms with Crippen molar-refractivity contribution in [3.63, 3.8) is 0 Å². The Bertz CT molecular complexity index is 184. The Morgan fingerprint density at radius 2 is 1.33 bits per heavy atom. The summed E-state index contributed by atoms with van der Waals surface area (Å²) in [5, 5.41) is 0. The van der Waals surface area contributed by atoms with Gasteiger partial charge in [-0.05, 0) is 0 Å². The minimum atomic E-state index is -1.13. The lowest BCUT2D eigenvalue weighted by Crippen LogP contribution is -2.54. The second-order valence-corrected chi connectivity index (χ2v) is 2.39. The maximum absolute atomic E-state index is 10.9. The Hall–Kier alpha value is -1.14. The Morgan fingerprint density at radius 3 is 1.67 bits per heavy atom. The zero-order chi connectivity index (χ0) is 9.14. The molecule has 12 heavy (non-hydrogen) atoms. The fourth-order valence-electron chi connectivity index (χ4n) is 0.770. The van der Waals surface area contributed by atoms with Crippen LogP contribution in [0.25, 0.3) is 0 Å². The second-order valence-electron chi connectivity index (χ2n) is 2.39. The summed E-state index contributed by atoms with van der Waals surface area (Å²) < 4.78 is 9.19. The summed E-state index contributed by atoms with van der Waals surface area (Å²) in [7, 11) is 0. The standard InChI is InChI=1S/C6H10N2O4/c7-3-4(8)6(10)12-2-1-11-5(3)9/h3-4H,1-2,7-8H2. The number of carbonyl (C=O) groups is 2. The summed E-state index contributed by atoms with van der Waals surface area (Å²) in [6.07, 6.45) is 0. The molecule has 4 N–H and O–H groups in total.